The SMILES string of the molecule is O=C(NCc1cc(F)cc(F)c1)C1NNNC1Nc1ccccc1F. The van der Waals surface area contributed by atoms with E-state index in [0.29, 0.717) is 5.56 Å². The Morgan fingerprint density at radius 1 is 1.04 bits per heavy atom. The van der Waals surface area contributed by atoms with Crippen LogP contribution in [0.3, 0.4) is 0 Å². The summed E-state index contributed by atoms with van der Waals surface area (Å²) in [4.78, 5) is 12.3. The van der Waals surface area contributed by atoms with Crippen LogP contribution in [0.25, 0.3) is 0 Å². The van der Waals surface area contributed by atoms with E-state index < -0.39 is 35.6 Å². The predicted octanol–water partition coefficient (Wildman–Crippen LogP) is 1.14. The lowest BCUT2D eigenvalue weighted by atomic mass is 10.2. The Morgan fingerprint density at radius 3 is 2.48 bits per heavy atom. The Hall–Kier alpha value is -2.62. The van der Waals surface area contributed by atoms with Crippen LogP contribution in [0.2, 0.25) is 0 Å². The van der Waals surface area contributed by atoms with Crippen LogP contribution in [-0.2, 0) is 11.3 Å². The largest absolute Gasteiger partial charge is 0.365 e. The maximum absolute atomic E-state index is 13.7. The third kappa shape index (κ3) is 4.27. The second kappa shape index (κ2) is 7.51. The van der Waals surface area contributed by atoms with Crippen molar-refractivity contribution in [1.29, 1.82) is 0 Å². The van der Waals surface area contributed by atoms with Crippen molar-refractivity contribution in [2.24, 2.45) is 0 Å². The second-order valence-corrected chi connectivity index (χ2v) is 5.49. The minimum absolute atomic E-state index is 0.0435. The van der Waals surface area contributed by atoms with E-state index in [9.17, 15) is 18.0 Å². The molecule has 1 amide bonds. The smallest absolute Gasteiger partial charge is 0.242 e. The number of para-hydroxylation sites is 1. The van der Waals surface area contributed by atoms with Gasteiger partial charge in [0.15, 0.2) is 0 Å². The molecule has 2 aromatic carbocycles. The van der Waals surface area contributed by atoms with Gasteiger partial charge in [-0.3, -0.25) is 4.79 Å². The summed E-state index contributed by atoms with van der Waals surface area (Å²) in [5.41, 5.74) is 8.58. The highest BCUT2D eigenvalue weighted by molar-refractivity contribution is 5.83. The predicted molar refractivity (Wildman–Crippen MR) is 85.2 cm³/mol. The number of benzene rings is 2. The Bertz CT molecular complexity index is 753. The average Bonchev–Trinajstić information content (AvgIpc) is 3.02. The fraction of sp³-hybridized carbons (Fsp3) is 0.188. The summed E-state index contributed by atoms with van der Waals surface area (Å²) >= 11 is 0. The molecule has 1 heterocycles. The maximum Gasteiger partial charge on any atom is 0.242 e. The number of halogens is 3. The van der Waals surface area contributed by atoms with E-state index in [1.54, 1.807) is 18.2 Å². The molecule has 0 saturated carbocycles. The van der Waals surface area contributed by atoms with Crippen molar-refractivity contribution in [3.05, 3.63) is 65.5 Å². The highest BCUT2D eigenvalue weighted by atomic mass is 19.1. The maximum atomic E-state index is 13.7. The van der Waals surface area contributed by atoms with Gasteiger partial charge in [0.05, 0.1) is 5.69 Å². The summed E-state index contributed by atoms with van der Waals surface area (Å²) in [7, 11) is 0. The molecule has 5 N–H and O–H groups in total. The second-order valence-electron chi connectivity index (χ2n) is 5.49. The molecule has 0 radical (unpaired) electrons. The standard InChI is InChI=1S/C16H16F3N5O/c17-10-5-9(6-11(18)7-10)8-20-16(25)14-15(23-24-22-14)21-13-4-2-1-3-12(13)19/h1-7,14-15,21-24H,8H2,(H,20,25). The minimum Gasteiger partial charge on any atom is -0.365 e. The molecule has 2 aromatic rings. The molecule has 1 aliphatic rings. The van der Waals surface area contributed by atoms with E-state index in [1.807, 2.05) is 0 Å². The fourth-order valence-corrected chi connectivity index (χ4v) is 2.46. The number of carbonyl (C=O) groups excluding carboxylic acids is 1. The first-order chi connectivity index (χ1) is 12.0. The van der Waals surface area contributed by atoms with Crippen LogP contribution in [0.15, 0.2) is 42.5 Å². The van der Waals surface area contributed by atoms with Gasteiger partial charge in [-0.05, 0) is 29.8 Å². The Balaban J connectivity index is 1.61. The average molecular weight is 351 g/mol. The van der Waals surface area contributed by atoms with Crippen molar-refractivity contribution in [2.45, 2.75) is 18.8 Å². The topological polar surface area (TPSA) is 77.2 Å². The first kappa shape index (κ1) is 17.2. The van der Waals surface area contributed by atoms with E-state index in [0.717, 1.165) is 18.2 Å². The van der Waals surface area contributed by atoms with Gasteiger partial charge in [-0.2, -0.15) is 5.53 Å². The summed E-state index contributed by atoms with van der Waals surface area (Å²) in [6, 6.07) is 8.31. The van der Waals surface area contributed by atoms with Gasteiger partial charge in [-0.15, -0.1) is 0 Å². The molecule has 2 atom stereocenters. The summed E-state index contributed by atoms with van der Waals surface area (Å²) in [5, 5.41) is 5.44. The third-order valence-electron chi connectivity index (χ3n) is 3.65. The molecule has 25 heavy (non-hydrogen) atoms. The monoisotopic (exact) mass is 351 g/mol. The van der Waals surface area contributed by atoms with Crippen molar-refractivity contribution in [2.75, 3.05) is 5.32 Å². The van der Waals surface area contributed by atoms with Crippen LogP contribution < -0.4 is 27.0 Å². The fourth-order valence-electron chi connectivity index (χ4n) is 2.46. The first-order valence-corrected chi connectivity index (χ1v) is 7.53. The first-order valence-electron chi connectivity index (χ1n) is 7.53. The van der Waals surface area contributed by atoms with Crippen molar-refractivity contribution in [3.8, 4) is 0 Å². The molecule has 1 aliphatic heterocycles. The number of anilines is 1. The molecule has 0 spiro atoms. The summed E-state index contributed by atoms with van der Waals surface area (Å²) in [5.74, 6) is -2.32. The van der Waals surface area contributed by atoms with Gasteiger partial charge < -0.3 is 10.6 Å². The zero-order chi connectivity index (χ0) is 17.8. The normalized spacial score (nSPS) is 19.6. The number of nitrogens with one attached hydrogen (secondary N) is 5. The van der Waals surface area contributed by atoms with E-state index >= 15 is 0 Å². The molecule has 1 saturated heterocycles. The van der Waals surface area contributed by atoms with Gasteiger partial charge >= 0.3 is 0 Å². The van der Waals surface area contributed by atoms with Crippen molar-refractivity contribution >= 4 is 11.6 Å². The lowest BCUT2D eigenvalue weighted by molar-refractivity contribution is -0.123. The van der Waals surface area contributed by atoms with Gasteiger partial charge in [0.25, 0.3) is 0 Å². The molecule has 0 aromatic heterocycles. The molecule has 1 fully saturated rings. The highest BCUT2D eigenvalue weighted by Gasteiger charge is 2.33. The molecule has 132 valence electrons. The quantitative estimate of drug-likeness (QED) is 0.559. The van der Waals surface area contributed by atoms with Crippen LogP contribution in [0.4, 0.5) is 18.9 Å². The van der Waals surface area contributed by atoms with Gasteiger partial charge in [-0.25, -0.2) is 24.0 Å². The Labute approximate surface area is 141 Å². The van der Waals surface area contributed by atoms with Crippen molar-refractivity contribution in [3.63, 3.8) is 0 Å². The molecular weight excluding hydrogens is 335 g/mol. The van der Waals surface area contributed by atoms with Gasteiger partial charge in [-0.1, -0.05) is 12.1 Å². The zero-order valence-corrected chi connectivity index (χ0v) is 12.9. The van der Waals surface area contributed by atoms with Crippen LogP contribution >= 0.6 is 0 Å². The number of carbonyl (C=O) groups is 1. The molecule has 3 rings (SSSR count). The van der Waals surface area contributed by atoms with E-state index in [4.69, 9.17) is 0 Å². The van der Waals surface area contributed by atoms with E-state index in [2.05, 4.69) is 27.0 Å². The Kier molecular flexibility index (Phi) is 5.17. The highest BCUT2D eigenvalue weighted by Crippen LogP contribution is 2.15. The van der Waals surface area contributed by atoms with Gasteiger partial charge in [0, 0.05) is 12.6 Å². The number of hydrazine groups is 2. The lowest BCUT2D eigenvalue weighted by Crippen LogP contribution is -2.50. The molecule has 9 heteroatoms. The number of amides is 1. The molecule has 0 aliphatic carbocycles. The van der Waals surface area contributed by atoms with E-state index in [1.165, 1.54) is 6.07 Å². The molecule has 0 bridgehead atoms. The third-order valence-corrected chi connectivity index (χ3v) is 3.65. The van der Waals surface area contributed by atoms with Crippen LogP contribution in [0, 0.1) is 17.5 Å². The van der Waals surface area contributed by atoms with Crippen molar-refractivity contribution < 1.29 is 18.0 Å². The van der Waals surface area contributed by atoms with E-state index in [-0.39, 0.29) is 12.2 Å². The van der Waals surface area contributed by atoms with Crippen LogP contribution in [0.5, 0.6) is 0 Å². The minimum atomic E-state index is -0.780. The van der Waals surface area contributed by atoms with Gasteiger partial charge in [0.1, 0.15) is 29.7 Å². The van der Waals surface area contributed by atoms with Crippen LogP contribution in [0.1, 0.15) is 5.56 Å². The van der Waals surface area contributed by atoms with Crippen LogP contribution in [-0.4, -0.2) is 18.1 Å². The van der Waals surface area contributed by atoms with Crippen molar-refractivity contribution in [1.82, 2.24) is 21.7 Å². The number of rotatable bonds is 5. The summed E-state index contributed by atoms with van der Waals surface area (Å²) in [6.07, 6.45) is -0.638. The zero-order valence-electron chi connectivity index (χ0n) is 12.9. The number of hydrogen-bond donors (Lipinski definition) is 5. The molecule has 2 unspecified atom stereocenters. The number of hydrogen-bond acceptors (Lipinski definition) is 5. The summed E-state index contributed by atoms with van der Waals surface area (Å²) < 4.78 is 40.0. The Morgan fingerprint density at radius 2 is 1.76 bits per heavy atom. The molecular formula is C16H16F3N5O. The molecule has 6 nitrogen and oxygen atoms in total. The lowest BCUT2D eigenvalue weighted by Gasteiger charge is -2.20. The van der Waals surface area contributed by atoms with Gasteiger partial charge in [0.2, 0.25) is 5.91 Å². The summed E-state index contributed by atoms with van der Waals surface area (Å²) in [6.45, 7) is -0.0435.